The van der Waals surface area contributed by atoms with Gasteiger partial charge >= 0.3 is 0 Å². The zero-order valence-electron chi connectivity index (χ0n) is 16.6. The molecule has 0 saturated carbocycles. The highest BCUT2D eigenvalue weighted by Crippen LogP contribution is 2.22. The zero-order valence-corrected chi connectivity index (χ0v) is 17.4. The molecule has 1 heterocycles. The van der Waals surface area contributed by atoms with Gasteiger partial charge in [0.25, 0.3) is 15.9 Å². The Morgan fingerprint density at radius 2 is 1.74 bits per heavy atom. The van der Waals surface area contributed by atoms with Crippen LogP contribution in [0, 0.1) is 25.2 Å². The summed E-state index contributed by atoms with van der Waals surface area (Å²) in [6.45, 7) is 3.38. The number of rotatable bonds is 7. The fraction of sp³-hybridized carbons (Fsp3) is 0.100. The summed E-state index contributed by atoms with van der Waals surface area (Å²) < 4.78 is 32.3. The van der Waals surface area contributed by atoms with Crippen LogP contribution in [0.25, 0.3) is 0 Å². The number of hydrogen-bond acceptors (Lipinski definition) is 8. The number of nitriles is 1. The number of amides is 1. The molecule has 10 nitrogen and oxygen atoms in total. The Kier molecular flexibility index (Phi) is 6.32. The van der Waals surface area contributed by atoms with Crippen molar-refractivity contribution in [3.8, 4) is 6.07 Å². The molecule has 3 rings (SSSR count). The Balaban J connectivity index is 1.68. The standard InChI is InChI=1S/C20H18N6O4S/c1-13-14(2)25-30-20(13)26-31(28,29)17-10-8-15(9-11-17)22-19(27)18(12-21)24-23-16-6-4-3-5-7-16/h3-11,23,26H,1-2H3,(H,22,27)/b24-18+. The van der Waals surface area contributed by atoms with Crippen LogP contribution in [0.3, 0.4) is 0 Å². The van der Waals surface area contributed by atoms with Gasteiger partial charge in [0.1, 0.15) is 6.07 Å². The summed E-state index contributed by atoms with van der Waals surface area (Å²) in [7, 11) is -3.91. The third-order valence-electron chi connectivity index (χ3n) is 4.20. The minimum atomic E-state index is -3.91. The van der Waals surface area contributed by atoms with Gasteiger partial charge in [-0.1, -0.05) is 23.4 Å². The first-order valence-corrected chi connectivity index (χ1v) is 10.4. The maximum absolute atomic E-state index is 12.5. The Labute approximate surface area is 178 Å². The number of nitrogens with one attached hydrogen (secondary N) is 3. The molecule has 0 fully saturated rings. The van der Waals surface area contributed by atoms with Crippen molar-refractivity contribution >= 4 is 38.9 Å². The monoisotopic (exact) mass is 438 g/mol. The average molecular weight is 438 g/mol. The number of anilines is 3. The van der Waals surface area contributed by atoms with E-state index in [2.05, 4.69) is 25.7 Å². The average Bonchev–Trinajstić information content (AvgIpc) is 3.07. The fourth-order valence-corrected chi connectivity index (χ4v) is 3.41. The van der Waals surface area contributed by atoms with E-state index in [0.717, 1.165) is 0 Å². The molecule has 0 aliphatic carbocycles. The molecule has 0 atom stereocenters. The second kappa shape index (κ2) is 9.10. The quantitative estimate of drug-likeness (QED) is 0.379. The first kappa shape index (κ1) is 21.5. The smallest absolute Gasteiger partial charge is 0.287 e. The number of aryl methyl sites for hydroxylation is 1. The largest absolute Gasteiger partial charge is 0.337 e. The lowest BCUT2D eigenvalue weighted by Gasteiger charge is -2.08. The number of carbonyl (C=O) groups is 1. The van der Waals surface area contributed by atoms with Crippen molar-refractivity contribution in [3.63, 3.8) is 0 Å². The van der Waals surface area contributed by atoms with E-state index in [9.17, 15) is 18.5 Å². The van der Waals surface area contributed by atoms with Crippen molar-refractivity contribution in [2.75, 3.05) is 15.5 Å². The van der Waals surface area contributed by atoms with E-state index in [-0.39, 0.29) is 10.8 Å². The molecule has 1 aromatic heterocycles. The van der Waals surface area contributed by atoms with Crippen molar-refractivity contribution in [1.82, 2.24) is 5.16 Å². The normalized spacial score (nSPS) is 11.5. The second-order valence-corrected chi connectivity index (χ2v) is 8.04. The van der Waals surface area contributed by atoms with Crippen molar-refractivity contribution in [3.05, 3.63) is 65.9 Å². The molecule has 0 aliphatic rings. The van der Waals surface area contributed by atoms with Crippen LogP contribution < -0.4 is 15.5 Å². The van der Waals surface area contributed by atoms with Gasteiger partial charge in [0.05, 0.1) is 16.3 Å². The molecular weight excluding hydrogens is 420 g/mol. The lowest BCUT2D eigenvalue weighted by molar-refractivity contribution is -0.110. The highest BCUT2D eigenvalue weighted by Gasteiger charge is 2.19. The van der Waals surface area contributed by atoms with Gasteiger partial charge < -0.3 is 9.84 Å². The molecule has 0 aliphatic heterocycles. The molecular formula is C20H18N6O4S. The van der Waals surface area contributed by atoms with E-state index in [1.807, 2.05) is 6.07 Å². The predicted octanol–water partition coefficient (Wildman–Crippen LogP) is 3.02. The van der Waals surface area contributed by atoms with Crippen LogP contribution in [0.4, 0.5) is 17.3 Å². The lowest BCUT2D eigenvalue weighted by atomic mass is 10.3. The second-order valence-electron chi connectivity index (χ2n) is 6.36. The summed E-state index contributed by atoms with van der Waals surface area (Å²) in [6.07, 6.45) is 0. The predicted molar refractivity (Wildman–Crippen MR) is 115 cm³/mol. The summed E-state index contributed by atoms with van der Waals surface area (Å²) in [5.41, 5.74) is 4.30. The van der Waals surface area contributed by atoms with E-state index in [0.29, 0.717) is 22.6 Å². The van der Waals surface area contributed by atoms with Crippen molar-refractivity contribution in [1.29, 1.82) is 5.26 Å². The fourth-order valence-electron chi connectivity index (χ4n) is 2.36. The summed E-state index contributed by atoms with van der Waals surface area (Å²) in [6, 6.07) is 15.9. The van der Waals surface area contributed by atoms with Crippen molar-refractivity contribution < 1.29 is 17.7 Å². The number of sulfonamides is 1. The Morgan fingerprint density at radius 3 is 2.32 bits per heavy atom. The molecule has 31 heavy (non-hydrogen) atoms. The van der Waals surface area contributed by atoms with Gasteiger partial charge in [0.2, 0.25) is 11.6 Å². The van der Waals surface area contributed by atoms with Crippen LogP contribution >= 0.6 is 0 Å². The van der Waals surface area contributed by atoms with Gasteiger partial charge in [-0.05, 0) is 50.2 Å². The van der Waals surface area contributed by atoms with Gasteiger partial charge in [0, 0.05) is 11.3 Å². The van der Waals surface area contributed by atoms with Crippen molar-refractivity contribution in [2.24, 2.45) is 5.10 Å². The number of nitrogens with zero attached hydrogens (tertiary/aromatic N) is 3. The summed E-state index contributed by atoms with van der Waals surface area (Å²) >= 11 is 0. The van der Waals surface area contributed by atoms with Gasteiger partial charge in [-0.15, -0.1) is 0 Å². The van der Waals surface area contributed by atoms with E-state index >= 15 is 0 Å². The van der Waals surface area contributed by atoms with Crippen molar-refractivity contribution in [2.45, 2.75) is 18.7 Å². The van der Waals surface area contributed by atoms with E-state index in [1.54, 1.807) is 44.2 Å². The van der Waals surface area contributed by atoms with Crippen LogP contribution in [0.5, 0.6) is 0 Å². The molecule has 2 aromatic carbocycles. The summed E-state index contributed by atoms with van der Waals surface area (Å²) in [5, 5.41) is 19.2. The third-order valence-corrected chi connectivity index (χ3v) is 5.55. The molecule has 0 bridgehead atoms. The van der Waals surface area contributed by atoms with Crippen LogP contribution in [0.2, 0.25) is 0 Å². The van der Waals surface area contributed by atoms with Crippen LogP contribution in [0.1, 0.15) is 11.3 Å². The van der Waals surface area contributed by atoms with Gasteiger partial charge in [0.15, 0.2) is 0 Å². The lowest BCUT2D eigenvalue weighted by Crippen LogP contribution is -2.22. The molecule has 0 radical (unpaired) electrons. The topological polar surface area (TPSA) is 149 Å². The molecule has 11 heteroatoms. The number of benzene rings is 2. The molecule has 158 valence electrons. The van der Waals surface area contributed by atoms with Gasteiger partial charge in [-0.3, -0.25) is 10.2 Å². The Bertz CT molecular complexity index is 1260. The molecule has 0 spiro atoms. The molecule has 3 aromatic rings. The molecule has 3 N–H and O–H groups in total. The van der Waals surface area contributed by atoms with Crippen LogP contribution in [0.15, 0.2) is 69.1 Å². The summed E-state index contributed by atoms with van der Waals surface area (Å²) in [4.78, 5) is 12.2. The maximum atomic E-state index is 12.5. The first-order valence-electron chi connectivity index (χ1n) is 8.96. The van der Waals surface area contributed by atoms with Crippen LogP contribution in [-0.4, -0.2) is 25.2 Å². The minimum Gasteiger partial charge on any atom is -0.337 e. The van der Waals surface area contributed by atoms with E-state index < -0.39 is 21.6 Å². The molecule has 0 saturated heterocycles. The number of carbonyl (C=O) groups excluding carboxylic acids is 1. The SMILES string of the molecule is Cc1noc(NS(=O)(=O)c2ccc(NC(=O)/C(C#N)=N/Nc3ccccc3)cc2)c1C. The molecule has 0 unspecified atom stereocenters. The zero-order chi connectivity index (χ0) is 22.4. The number of hydrazone groups is 1. The summed E-state index contributed by atoms with van der Waals surface area (Å²) in [5.74, 6) is -0.705. The minimum absolute atomic E-state index is 0.0377. The van der Waals surface area contributed by atoms with Gasteiger partial charge in [-0.25, -0.2) is 13.1 Å². The first-order chi connectivity index (χ1) is 14.8. The maximum Gasteiger partial charge on any atom is 0.287 e. The number of para-hydroxylation sites is 1. The van der Waals surface area contributed by atoms with Crippen LogP contribution in [-0.2, 0) is 14.8 Å². The Morgan fingerprint density at radius 1 is 1.06 bits per heavy atom. The molecule has 1 amide bonds. The highest BCUT2D eigenvalue weighted by atomic mass is 32.2. The third kappa shape index (κ3) is 5.26. The highest BCUT2D eigenvalue weighted by molar-refractivity contribution is 7.92. The van der Waals surface area contributed by atoms with E-state index in [1.165, 1.54) is 24.3 Å². The Hall–Kier alpha value is -4.17. The van der Waals surface area contributed by atoms with E-state index in [4.69, 9.17) is 4.52 Å². The number of hydrogen-bond donors (Lipinski definition) is 3. The van der Waals surface area contributed by atoms with Gasteiger partial charge in [-0.2, -0.15) is 10.4 Å². The number of aromatic nitrogens is 1.